The SMILES string of the molecule is COCCN(C(=O)CCl)C1=C(N2CCCCC2C)C(=O)c2ccccc2C1=O. The number of hydrogen-bond acceptors (Lipinski definition) is 5. The molecule has 1 fully saturated rings. The zero-order valence-electron chi connectivity index (χ0n) is 16.2. The smallest absolute Gasteiger partial charge is 0.242 e. The van der Waals surface area contributed by atoms with Crippen LogP contribution < -0.4 is 0 Å². The van der Waals surface area contributed by atoms with Crippen molar-refractivity contribution >= 4 is 29.1 Å². The minimum atomic E-state index is -0.420. The number of halogens is 1. The number of likely N-dealkylation sites (tertiary alicyclic amines) is 1. The van der Waals surface area contributed by atoms with E-state index in [1.165, 1.54) is 12.0 Å². The number of amides is 1. The quantitative estimate of drug-likeness (QED) is 0.682. The van der Waals surface area contributed by atoms with Crippen LogP contribution in [0.5, 0.6) is 0 Å². The van der Waals surface area contributed by atoms with Gasteiger partial charge in [0.15, 0.2) is 0 Å². The number of rotatable bonds is 6. The molecule has 1 saturated heterocycles. The minimum Gasteiger partial charge on any atom is -0.383 e. The lowest BCUT2D eigenvalue weighted by Crippen LogP contribution is -2.47. The van der Waals surface area contributed by atoms with Crippen LogP contribution in [0.2, 0.25) is 0 Å². The van der Waals surface area contributed by atoms with Crippen LogP contribution in [0.1, 0.15) is 46.9 Å². The first-order valence-corrected chi connectivity index (χ1v) is 10.1. The molecule has 1 amide bonds. The van der Waals surface area contributed by atoms with E-state index in [-0.39, 0.29) is 42.3 Å². The fourth-order valence-corrected chi connectivity index (χ4v) is 4.06. The number of carbonyl (C=O) groups is 3. The minimum absolute atomic E-state index is 0.108. The summed E-state index contributed by atoms with van der Waals surface area (Å²) in [5.41, 5.74) is 1.14. The molecule has 28 heavy (non-hydrogen) atoms. The summed E-state index contributed by atoms with van der Waals surface area (Å²) in [6.45, 7) is 3.11. The first kappa shape index (κ1) is 20.6. The van der Waals surface area contributed by atoms with Gasteiger partial charge in [-0.1, -0.05) is 24.3 Å². The Kier molecular flexibility index (Phi) is 6.52. The maximum absolute atomic E-state index is 13.5. The monoisotopic (exact) mass is 404 g/mol. The summed E-state index contributed by atoms with van der Waals surface area (Å²) in [6.07, 6.45) is 2.94. The summed E-state index contributed by atoms with van der Waals surface area (Å²) in [6, 6.07) is 6.88. The number of piperidine rings is 1. The van der Waals surface area contributed by atoms with Crippen LogP contribution in [-0.2, 0) is 9.53 Å². The van der Waals surface area contributed by atoms with Crippen molar-refractivity contribution in [3.63, 3.8) is 0 Å². The molecule has 0 radical (unpaired) electrons. The predicted molar refractivity (Wildman–Crippen MR) is 106 cm³/mol. The van der Waals surface area contributed by atoms with Crippen LogP contribution in [0.4, 0.5) is 0 Å². The fourth-order valence-electron chi connectivity index (χ4n) is 3.91. The second-order valence-electron chi connectivity index (χ2n) is 7.11. The molecule has 1 aliphatic heterocycles. The number of methoxy groups -OCH3 is 1. The first-order valence-electron chi connectivity index (χ1n) is 9.55. The van der Waals surface area contributed by atoms with Crippen molar-refractivity contribution in [2.24, 2.45) is 0 Å². The van der Waals surface area contributed by atoms with Gasteiger partial charge in [0, 0.05) is 37.4 Å². The third-order valence-electron chi connectivity index (χ3n) is 5.37. The number of hydrogen-bond donors (Lipinski definition) is 0. The van der Waals surface area contributed by atoms with Gasteiger partial charge in [0.2, 0.25) is 17.5 Å². The second-order valence-corrected chi connectivity index (χ2v) is 7.38. The number of ketones is 2. The molecule has 0 bridgehead atoms. The molecular weight excluding hydrogens is 380 g/mol. The topological polar surface area (TPSA) is 66.9 Å². The Balaban J connectivity index is 2.20. The molecule has 1 aromatic carbocycles. The van der Waals surface area contributed by atoms with Gasteiger partial charge < -0.3 is 14.5 Å². The molecule has 2 aliphatic rings. The lowest BCUT2D eigenvalue weighted by Gasteiger charge is -2.40. The van der Waals surface area contributed by atoms with Crippen molar-refractivity contribution < 1.29 is 19.1 Å². The van der Waals surface area contributed by atoms with Crippen molar-refractivity contribution in [1.29, 1.82) is 0 Å². The van der Waals surface area contributed by atoms with E-state index in [1.807, 2.05) is 11.8 Å². The van der Waals surface area contributed by atoms with Crippen LogP contribution in [0, 0.1) is 0 Å². The molecule has 1 atom stereocenters. The third-order valence-corrected chi connectivity index (χ3v) is 5.59. The van der Waals surface area contributed by atoms with Crippen molar-refractivity contribution in [3.8, 4) is 0 Å². The zero-order chi connectivity index (χ0) is 20.3. The lowest BCUT2D eigenvalue weighted by molar-refractivity contribution is -0.127. The average Bonchev–Trinajstić information content (AvgIpc) is 2.72. The number of carbonyl (C=O) groups excluding carboxylic acids is 3. The Hall–Kier alpha value is -2.18. The molecule has 0 saturated carbocycles. The summed E-state index contributed by atoms with van der Waals surface area (Å²) in [5.74, 6) is -1.24. The van der Waals surface area contributed by atoms with Gasteiger partial charge in [-0.15, -0.1) is 11.6 Å². The molecule has 1 aromatic rings. The molecule has 1 aliphatic carbocycles. The van der Waals surface area contributed by atoms with Crippen molar-refractivity contribution in [2.45, 2.75) is 32.2 Å². The Labute approximate surface area is 170 Å². The molecule has 0 spiro atoms. The van der Waals surface area contributed by atoms with Gasteiger partial charge in [-0.2, -0.15) is 0 Å². The number of nitrogens with zero attached hydrogens (tertiary/aromatic N) is 2. The third kappa shape index (κ3) is 3.71. The molecule has 3 rings (SSSR count). The molecule has 1 heterocycles. The molecule has 1 unspecified atom stereocenters. The largest absolute Gasteiger partial charge is 0.383 e. The van der Waals surface area contributed by atoms with Gasteiger partial charge in [-0.25, -0.2) is 0 Å². The highest BCUT2D eigenvalue weighted by Crippen LogP contribution is 2.33. The van der Waals surface area contributed by atoms with Gasteiger partial charge in [0.25, 0.3) is 0 Å². The molecule has 150 valence electrons. The average molecular weight is 405 g/mol. The number of allylic oxidation sites excluding steroid dienone is 2. The fraction of sp³-hybridized carbons (Fsp3) is 0.476. The summed E-state index contributed by atoms with van der Waals surface area (Å²) in [4.78, 5) is 42.8. The molecule has 6 nitrogen and oxygen atoms in total. The maximum atomic E-state index is 13.5. The molecule has 0 aromatic heterocycles. The normalized spacial score (nSPS) is 19.7. The molecule has 7 heteroatoms. The van der Waals surface area contributed by atoms with E-state index < -0.39 is 5.91 Å². The van der Waals surface area contributed by atoms with Crippen LogP contribution in [0.25, 0.3) is 0 Å². The summed E-state index contributed by atoms with van der Waals surface area (Å²) in [5, 5.41) is 0. The van der Waals surface area contributed by atoms with E-state index in [4.69, 9.17) is 16.3 Å². The summed E-state index contributed by atoms with van der Waals surface area (Å²) < 4.78 is 5.12. The number of Topliss-reactive ketones (excluding diaryl/α,β-unsaturated/α-hetero) is 2. The van der Waals surface area contributed by atoms with E-state index in [0.717, 1.165) is 19.3 Å². The predicted octanol–water partition coefficient (Wildman–Crippen LogP) is 2.87. The Morgan fingerprint density at radius 3 is 2.50 bits per heavy atom. The second kappa shape index (κ2) is 8.88. The van der Waals surface area contributed by atoms with Crippen LogP contribution in [0.3, 0.4) is 0 Å². The van der Waals surface area contributed by atoms with Gasteiger partial charge >= 0.3 is 0 Å². The standard InChI is InChI=1S/C21H25ClN2O4/c1-14-7-5-6-10-23(14)18-19(24(11-12-28-2)17(25)13-22)21(27)16-9-4-3-8-15(16)20(18)26/h3-4,8-9,14H,5-7,10-13H2,1-2H3. The Morgan fingerprint density at radius 2 is 1.89 bits per heavy atom. The number of benzene rings is 1. The van der Waals surface area contributed by atoms with E-state index in [2.05, 4.69) is 0 Å². The van der Waals surface area contributed by atoms with Gasteiger partial charge in [0.05, 0.1) is 6.61 Å². The summed E-state index contributed by atoms with van der Waals surface area (Å²) in [7, 11) is 1.52. The lowest BCUT2D eigenvalue weighted by atomic mass is 9.87. The highest BCUT2D eigenvalue weighted by atomic mass is 35.5. The Morgan fingerprint density at radius 1 is 1.21 bits per heavy atom. The Bertz CT molecular complexity index is 820. The van der Waals surface area contributed by atoms with E-state index in [1.54, 1.807) is 24.3 Å². The van der Waals surface area contributed by atoms with E-state index in [9.17, 15) is 14.4 Å². The molecular formula is C21H25ClN2O4. The van der Waals surface area contributed by atoms with Gasteiger partial charge in [0.1, 0.15) is 17.3 Å². The first-order chi connectivity index (χ1) is 13.5. The van der Waals surface area contributed by atoms with E-state index in [0.29, 0.717) is 23.4 Å². The number of alkyl halides is 1. The van der Waals surface area contributed by atoms with E-state index >= 15 is 0 Å². The van der Waals surface area contributed by atoms with Crippen molar-refractivity contribution in [2.75, 3.05) is 32.7 Å². The highest BCUT2D eigenvalue weighted by Gasteiger charge is 2.40. The van der Waals surface area contributed by atoms with Crippen LogP contribution >= 0.6 is 11.6 Å². The number of fused-ring (bicyclic) bond motifs is 1. The maximum Gasteiger partial charge on any atom is 0.242 e. The molecule has 0 N–H and O–H groups in total. The van der Waals surface area contributed by atoms with Crippen molar-refractivity contribution in [3.05, 3.63) is 46.8 Å². The summed E-state index contributed by atoms with van der Waals surface area (Å²) >= 11 is 5.83. The van der Waals surface area contributed by atoms with Crippen LogP contribution in [0.15, 0.2) is 35.7 Å². The highest BCUT2D eigenvalue weighted by molar-refractivity contribution is 6.30. The zero-order valence-corrected chi connectivity index (χ0v) is 17.0. The van der Waals surface area contributed by atoms with Gasteiger partial charge in [-0.3, -0.25) is 14.4 Å². The van der Waals surface area contributed by atoms with Gasteiger partial charge in [-0.05, 0) is 26.2 Å². The number of ether oxygens (including phenoxy) is 1. The van der Waals surface area contributed by atoms with Crippen LogP contribution in [-0.4, -0.2) is 66.0 Å². The van der Waals surface area contributed by atoms with Crippen molar-refractivity contribution in [1.82, 2.24) is 9.80 Å².